The van der Waals surface area contributed by atoms with Crippen LogP contribution in [0.5, 0.6) is 0 Å². The van der Waals surface area contributed by atoms with Crippen molar-refractivity contribution < 1.29 is 45.6 Å². The third kappa shape index (κ3) is 2.41. The van der Waals surface area contributed by atoms with Gasteiger partial charge in [0.15, 0.2) is 0 Å². The van der Waals surface area contributed by atoms with E-state index in [-0.39, 0.29) is 6.42 Å². The molecule has 10 nitrogen and oxygen atoms in total. The van der Waals surface area contributed by atoms with Crippen molar-refractivity contribution in [3.8, 4) is 0 Å². The molecule has 0 spiro atoms. The lowest BCUT2D eigenvalue weighted by Crippen LogP contribution is -2.48. The third-order valence-corrected chi connectivity index (χ3v) is 6.21. The predicted molar refractivity (Wildman–Crippen MR) is 77.7 cm³/mol. The highest BCUT2D eigenvalue weighted by molar-refractivity contribution is 7.87. The first-order chi connectivity index (χ1) is 12.5. The summed E-state index contributed by atoms with van der Waals surface area (Å²) in [5.41, 5.74) is 0. The summed E-state index contributed by atoms with van der Waals surface area (Å²) in [6.07, 6.45) is 1.64. The van der Waals surface area contributed by atoms with Gasteiger partial charge in [0, 0.05) is 24.2 Å². The summed E-state index contributed by atoms with van der Waals surface area (Å²) >= 11 is 0. The van der Waals surface area contributed by atoms with Gasteiger partial charge in [-0.25, -0.2) is 9.78 Å². The zero-order valence-electron chi connectivity index (χ0n) is 13.3. The highest BCUT2D eigenvalue weighted by Gasteiger charge is 2.70. The number of carbonyl (C=O) groups excluding carboxylic acids is 3. The van der Waals surface area contributed by atoms with Gasteiger partial charge in [-0.2, -0.15) is 17.2 Å². The number of esters is 2. The molecule has 3 aliphatic rings. The summed E-state index contributed by atoms with van der Waals surface area (Å²) in [6, 6.07) is 0. The monoisotopic (exact) mass is 406 g/mol. The van der Waals surface area contributed by atoms with Crippen LogP contribution in [0.15, 0.2) is 18.7 Å². The Morgan fingerprint density at radius 2 is 2.07 bits per heavy atom. The van der Waals surface area contributed by atoms with Crippen molar-refractivity contribution >= 4 is 28.0 Å². The SMILES string of the molecule is O=C1OC2C3CC(C2OC(=O)C(F)(F)S(=O)(=O)O)C(C(=O)n2ccnc2)C13. The van der Waals surface area contributed by atoms with Crippen molar-refractivity contribution in [2.24, 2.45) is 23.7 Å². The topological polar surface area (TPSA) is 142 Å². The molecule has 1 aromatic heterocycles. The van der Waals surface area contributed by atoms with Gasteiger partial charge in [-0.3, -0.25) is 18.7 Å². The minimum atomic E-state index is -6.04. The van der Waals surface area contributed by atoms with Gasteiger partial charge in [0.1, 0.15) is 18.5 Å². The Balaban J connectivity index is 1.63. The van der Waals surface area contributed by atoms with Crippen LogP contribution in [-0.4, -0.2) is 57.8 Å². The van der Waals surface area contributed by atoms with Gasteiger partial charge in [0.25, 0.3) is 0 Å². The number of hydrogen-bond acceptors (Lipinski definition) is 8. The van der Waals surface area contributed by atoms with Crippen molar-refractivity contribution in [3.63, 3.8) is 0 Å². The van der Waals surface area contributed by atoms with E-state index in [0.717, 1.165) is 4.57 Å². The largest absolute Gasteiger partial charge is 0.465 e. The number of aromatic nitrogens is 2. The lowest BCUT2D eigenvalue weighted by Gasteiger charge is -2.31. The van der Waals surface area contributed by atoms with Gasteiger partial charge < -0.3 is 9.47 Å². The van der Waals surface area contributed by atoms with E-state index in [1.54, 1.807) is 0 Å². The highest BCUT2D eigenvalue weighted by atomic mass is 32.2. The number of hydrogen-bond donors (Lipinski definition) is 1. The normalized spacial score (nSPS) is 34.6. The molecule has 2 heterocycles. The number of halogens is 2. The molecule has 0 radical (unpaired) electrons. The lowest BCUT2D eigenvalue weighted by molar-refractivity contribution is -0.177. The van der Waals surface area contributed by atoms with E-state index in [0.29, 0.717) is 0 Å². The highest BCUT2D eigenvalue weighted by Crippen LogP contribution is 2.59. The molecule has 2 saturated carbocycles. The van der Waals surface area contributed by atoms with Gasteiger partial charge in [0.05, 0.1) is 11.8 Å². The number of carbonyl (C=O) groups is 3. The molecule has 1 aromatic rings. The summed E-state index contributed by atoms with van der Waals surface area (Å²) < 4.78 is 67.9. The lowest BCUT2D eigenvalue weighted by atomic mass is 9.78. The summed E-state index contributed by atoms with van der Waals surface area (Å²) in [5, 5.41) is -5.18. The maximum atomic E-state index is 13.5. The van der Waals surface area contributed by atoms with Gasteiger partial charge >= 0.3 is 27.3 Å². The van der Waals surface area contributed by atoms with E-state index in [9.17, 15) is 31.6 Å². The van der Waals surface area contributed by atoms with Crippen molar-refractivity contribution in [2.75, 3.05) is 0 Å². The summed E-state index contributed by atoms with van der Waals surface area (Å²) in [7, 11) is -6.04. The molecule has 0 amide bonds. The van der Waals surface area contributed by atoms with Crippen LogP contribution in [0.3, 0.4) is 0 Å². The number of imidazole rings is 1. The van der Waals surface area contributed by atoms with Crippen LogP contribution in [0.1, 0.15) is 11.2 Å². The van der Waals surface area contributed by atoms with Crippen LogP contribution >= 0.6 is 0 Å². The number of rotatable bonds is 4. The number of ether oxygens (including phenoxy) is 2. The summed E-state index contributed by atoms with van der Waals surface area (Å²) in [4.78, 5) is 40.2. The minimum absolute atomic E-state index is 0.210. The Kier molecular flexibility index (Phi) is 3.69. The quantitative estimate of drug-likeness (QED) is 0.528. The van der Waals surface area contributed by atoms with Gasteiger partial charge in [-0.15, -0.1) is 0 Å². The van der Waals surface area contributed by atoms with E-state index in [2.05, 4.69) is 9.72 Å². The molecule has 1 aliphatic heterocycles. The summed E-state index contributed by atoms with van der Waals surface area (Å²) in [6.45, 7) is 0. The minimum Gasteiger partial charge on any atom is -0.458 e. The Bertz CT molecular complexity index is 931. The van der Waals surface area contributed by atoms with Crippen LogP contribution < -0.4 is 0 Å². The Labute approximate surface area is 150 Å². The summed E-state index contributed by atoms with van der Waals surface area (Å²) in [5.74, 6) is -6.85. The van der Waals surface area contributed by atoms with Crippen LogP contribution in [-0.2, 0) is 29.2 Å². The average molecular weight is 406 g/mol. The first-order valence-electron chi connectivity index (χ1n) is 7.82. The van der Waals surface area contributed by atoms with Gasteiger partial charge in [-0.1, -0.05) is 0 Å². The molecular weight excluding hydrogens is 394 g/mol. The molecule has 3 fully saturated rings. The molecule has 6 atom stereocenters. The van der Waals surface area contributed by atoms with E-state index >= 15 is 0 Å². The molecular formula is C14H12F2N2O8S. The van der Waals surface area contributed by atoms with Crippen LogP contribution in [0, 0.1) is 23.7 Å². The molecule has 2 bridgehead atoms. The maximum absolute atomic E-state index is 13.5. The fraction of sp³-hybridized carbons (Fsp3) is 0.571. The van der Waals surface area contributed by atoms with Gasteiger partial charge in [-0.05, 0) is 6.42 Å². The third-order valence-electron chi connectivity index (χ3n) is 5.39. The molecule has 1 N–H and O–H groups in total. The molecule has 146 valence electrons. The average Bonchev–Trinajstić information content (AvgIpc) is 3.31. The number of nitrogens with zero attached hydrogens (tertiary/aromatic N) is 2. The molecule has 4 rings (SSSR count). The predicted octanol–water partition coefficient (Wildman–Crippen LogP) is -0.277. The fourth-order valence-corrected chi connectivity index (χ4v) is 4.60. The maximum Gasteiger partial charge on any atom is 0.465 e. The smallest absolute Gasteiger partial charge is 0.458 e. The molecule has 27 heavy (non-hydrogen) atoms. The Morgan fingerprint density at radius 3 is 2.67 bits per heavy atom. The van der Waals surface area contributed by atoms with Crippen LogP contribution in [0.2, 0.25) is 0 Å². The second-order valence-corrected chi connectivity index (χ2v) is 8.15. The Morgan fingerprint density at radius 1 is 1.37 bits per heavy atom. The number of alkyl halides is 2. The van der Waals surface area contributed by atoms with Crippen LogP contribution in [0.25, 0.3) is 0 Å². The van der Waals surface area contributed by atoms with E-state index < -0.39 is 69.1 Å². The van der Waals surface area contributed by atoms with Crippen molar-refractivity contribution in [1.29, 1.82) is 0 Å². The Hall–Kier alpha value is -2.41. The van der Waals surface area contributed by atoms with Gasteiger partial charge in [0.2, 0.25) is 5.91 Å². The standard InChI is InChI=1S/C14H12F2N2O8S/c15-14(16,27(22,23)24)13(21)26-10-5-3-6-8(12(20)25-9(6)10)7(5)11(19)18-2-1-17-4-18/h1-2,4-10H,3H2,(H,22,23,24). The van der Waals surface area contributed by atoms with E-state index in [4.69, 9.17) is 9.29 Å². The van der Waals surface area contributed by atoms with Crippen molar-refractivity contribution in [1.82, 2.24) is 9.55 Å². The molecule has 0 aromatic carbocycles. The van der Waals surface area contributed by atoms with Crippen molar-refractivity contribution in [3.05, 3.63) is 18.7 Å². The zero-order valence-corrected chi connectivity index (χ0v) is 14.1. The zero-order chi connectivity index (χ0) is 19.7. The molecule has 6 unspecified atom stereocenters. The molecule has 1 saturated heterocycles. The molecule has 2 aliphatic carbocycles. The van der Waals surface area contributed by atoms with Crippen LogP contribution in [0.4, 0.5) is 8.78 Å². The second-order valence-electron chi connectivity index (χ2n) is 6.69. The second kappa shape index (κ2) is 5.55. The van der Waals surface area contributed by atoms with E-state index in [1.807, 2.05) is 0 Å². The first-order valence-corrected chi connectivity index (χ1v) is 9.26. The first kappa shape index (κ1) is 18.0. The fourth-order valence-electron chi connectivity index (χ4n) is 4.34. The number of fused-ring (bicyclic) bond motifs is 1. The van der Waals surface area contributed by atoms with Crippen molar-refractivity contribution in [2.45, 2.75) is 23.9 Å². The molecule has 13 heteroatoms. The van der Waals surface area contributed by atoms with E-state index in [1.165, 1.54) is 18.7 Å².